The molecule has 2 N–H and O–H groups in total. The van der Waals surface area contributed by atoms with Gasteiger partial charge in [-0.1, -0.05) is 29.8 Å². The van der Waals surface area contributed by atoms with Crippen LogP contribution in [-0.2, 0) is 6.54 Å². The fourth-order valence-corrected chi connectivity index (χ4v) is 3.01. The number of nitrogens with one attached hydrogen (secondary N) is 1. The Kier molecular flexibility index (Phi) is 6.49. The van der Waals surface area contributed by atoms with Crippen LogP contribution in [0.15, 0.2) is 28.7 Å². The Bertz CT molecular complexity index is 719. The zero-order valence-corrected chi connectivity index (χ0v) is 16.1. The van der Waals surface area contributed by atoms with Gasteiger partial charge in [0.25, 0.3) is 0 Å². The molecular formula is C19H24BrFN2O. The standard InChI is InChI=1S/C19H24BrFN2O/c1-11(2)19(10-24)22-9-18-16(21)5-6-17(23-18)14-7-13(4)15(20)8-12(14)3/h5-8,11,19,22,24H,9-10H2,1-4H3/t19-/m0/s1. The van der Waals surface area contributed by atoms with Gasteiger partial charge in [0.1, 0.15) is 5.82 Å². The molecule has 0 aliphatic rings. The molecule has 1 atom stereocenters. The Labute approximate surface area is 151 Å². The predicted octanol–water partition coefficient (Wildman–Crippen LogP) is 4.37. The third kappa shape index (κ3) is 4.41. The number of pyridine rings is 1. The average molecular weight is 395 g/mol. The van der Waals surface area contributed by atoms with Crippen LogP contribution in [0.1, 0.15) is 30.7 Å². The minimum atomic E-state index is -0.335. The van der Waals surface area contributed by atoms with Crippen molar-refractivity contribution in [3.05, 3.63) is 51.4 Å². The summed E-state index contributed by atoms with van der Waals surface area (Å²) in [6, 6.07) is 7.20. The number of hydrogen-bond donors (Lipinski definition) is 2. The fraction of sp³-hybridized carbons (Fsp3) is 0.421. The van der Waals surface area contributed by atoms with Crippen LogP contribution >= 0.6 is 15.9 Å². The zero-order valence-electron chi connectivity index (χ0n) is 14.5. The first-order valence-corrected chi connectivity index (χ1v) is 8.89. The summed E-state index contributed by atoms with van der Waals surface area (Å²) >= 11 is 3.53. The maximum absolute atomic E-state index is 14.1. The van der Waals surface area contributed by atoms with Gasteiger partial charge in [0.05, 0.1) is 18.0 Å². The zero-order chi connectivity index (χ0) is 17.9. The predicted molar refractivity (Wildman–Crippen MR) is 99.4 cm³/mol. The molecule has 0 bridgehead atoms. The van der Waals surface area contributed by atoms with Gasteiger partial charge in [-0.05, 0) is 55.2 Å². The van der Waals surface area contributed by atoms with Gasteiger partial charge < -0.3 is 10.4 Å². The first-order valence-electron chi connectivity index (χ1n) is 8.10. The first kappa shape index (κ1) is 19.0. The summed E-state index contributed by atoms with van der Waals surface area (Å²) in [6.07, 6.45) is 0. The summed E-state index contributed by atoms with van der Waals surface area (Å²) in [7, 11) is 0. The molecule has 0 saturated carbocycles. The van der Waals surface area contributed by atoms with Crippen molar-refractivity contribution in [1.29, 1.82) is 0 Å². The van der Waals surface area contributed by atoms with Crippen molar-refractivity contribution in [2.45, 2.75) is 40.3 Å². The number of rotatable bonds is 6. The maximum atomic E-state index is 14.1. The number of aryl methyl sites for hydroxylation is 2. The van der Waals surface area contributed by atoms with Crippen molar-refractivity contribution in [3.63, 3.8) is 0 Å². The molecule has 130 valence electrons. The quantitative estimate of drug-likeness (QED) is 0.764. The summed E-state index contributed by atoms with van der Waals surface area (Å²) in [5.74, 6) is -0.0733. The molecule has 0 unspecified atom stereocenters. The van der Waals surface area contributed by atoms with Crippen LogP contribution in [0.2, 0.25) is 0 Å². The Balaban J connectivity index is 2.30. The average Bonchev–Trinajstić information content (AvgIpc) is 2.53. The maximum Gasteiger partial charge on any atom is 0.146 e. The van der Waals surface area contributed by atoms with E-state index in [0.717, 1.165) is 26.9 Å². The van der Waals surface area contributed by atoms with E-state index in [1.54, 1.807) is 6.07 Å². The highest BCUT2D eigenvalue weighted by molar-refractivity contribution is 9.10. The van der Waals surface area contributed by atoms with Crippen LogP contribution in [0.5, 0.6) is 0 Å². The van der Waals surface area contributed by atoms with E-state index in [1.807, 2.05) is 33.8 Å². The SMILES string of the molecule is Cc1cc(-c2ccc(F)c(CN[C@@H](CO)C(C)C)n2)c(C)cc1Br. The molecule has 0 aliphatic heterocycles. The van der Waals surface area contributed by atoms with E-state index in [2.05, 4.69) is 32.3 Å². The van der Waals surface area contributed by atoms with Gasteiger partial charge in [0.15, 0.2) is 0 Å². The fourth-order valence-electron chi connectivity index (χ4n) is 2.55. The van der Waals surface area contributed by atoms with E-state index in [1.165, 1.54) is 6.07 Å². The highest BCUT2D eigenvalue weighted by Crippen LogP contribution is 2.28. The lowest BCUT2D eigenvalue weighted by molar-refractivity contribution is 0.209. The lowest BCUT2D eigenvalue weighted by Crippen LogP contribution is -2.36. The number of benzene rings is 1. The monoisotopic (exact) mass is 394 g/mol. The van der Waals surface area contributed by atoms with Gasteiger partial charge >= 0.3 is 0 Å². The lowest BCUT2D eigenvalue weighted by atomic mass is 10.0. The number of aliphatic hydroxyl groups is 1. The first-order chi connectivity index (χ1) is 11.3. The van der Waals surface area contributed by atoms with E-state index in [-0.39, 0.29) is 30.9 Å². The molecule has 1 aromatic heterocycles. The molecule has 2 aromatic rings. The molecule has 1 heterocycles. The minimum Gasteiger partial charge on any atom is -0.395 e. The van der Waals surface area contributed by atoms with Gasteiger partial charge in [-0.3, -0.25) is 0 Å². The summed E-state index contributed by atoms with van der Waals surface area (Å²) in [6.45, 7) is 8.38. The number of halogens is 2. The Morgan fingerprint density at radius 1 is 1.21 bits per heavy atom. The van der Waals surface area contributed by atoms with Crippen LogP contribution in [0.4, 0.5) is 4.39 Å². The minimum absolute atomic E-state index is 0.0178. The van der Waals surface area contributed by atoms with Crippen LogP contribution in [0.25, 0.3) is 11.3 Å². The van der Waals surface area contributed by atoms with E-state index < -0.39 is 0 Å². The van der Waals surface area contributed by atoms with Crippen LogP contribution in [-0.4, -0.2) is 22.7 Å². The molecule has 0 saturated heterocycles. The van der Waals surface area contributed by atoms with Gasteiger partial charge in [-0.2, -0.15) is 0 Å². The smallest absolute Gasteiger partial charge is 0.146 e. The number of hydrogen-bond acceptors (Lipinski definition) is 3. The largest absolute Gasteiger partial charge is 0.395 e. The normalized spacial score (nSPS) is 12.7. The van der Waals surface area contributed by atoms with Crippen molar-refractivity contribution in [2.75, 3.05) is 6.61 Å². The Morgan fingerprint density at radius 3 is 2.54 bits per heavy atom. The Morgan fingerprint density at radius 2 is 1.92 bits per heavy atom. The number of aromatic nitrogens is 1. The summed E-state index contributed by atoms with van der Waals surface area (Å²) in [5, 5.41) is 12.6. The van der Waals surface area contributed by atoms with Gasteiger partial charge in [-0.15, -0.1) is 0 Å². The summed E-state index contributed by atoms with van der Waals surface area (Å²) in [5.41, 5.74) is 4.32. The lowest BCUT2D eigenvalue weighted by Gasteiger charge is -2.20. The number of nitrogens with zero attached hydrogens (tertiary/aromatic N) is 1. The molecule has 0 aliphatic carbocycles. The van der Waals surface area contributed by atoms with Gasteiger partial charge in [-0.25, -0.2) is 9.37 Å². The van der Waals surface area contributed by atoms with Crippen LogP contribution in [0.3, 0.4) is 0 Å². The molecule has 0 fully saturated rings. The highest BCUT2D eigenvalue weighted by atomic mass is 79.9. The second kappa shape index (κ2) is 8.19. The van der Waals surface area contributed by atoms with Crippen molar-refractivity contribution in [3.8, 4) is 11.3 Å². The van der Waals surface area contributed by atoms with E-state index in [9.17, 15) is 9.50 Å². The molecule has 0 spiro atoms. The molecule has 0 radical (unpaired) electrons. The number of aliphatic hydroxyl groups excluding tert-OH is 1. The molecule has 0 amide bonds. The molecule has 3 nitrogen and oxygen atoms in total. The summed E-state index contributed by atoms with van der Waals surface area (Å²) in [4.78, 5) is 4.51. The second-order valence-corrected chi connectivity index (χ2v) is 7.31. The topological polar surface area (TPSA) is 45.1 Å². The van der Waals surface area contributed by atoms with Gasteiger partial charge in [0, 0.05) is 22.6 Å². The van der Waals surface area contributed by atoms with Crippen LogP contribution < -0.4 is 5.32 Å². The molecule has 24 heavy (non-hydrogen) atoms. The third-order valence-corrected chi connectivity index (χ3v) is 5.09. The van der Waals surface area contributed by atoms with Crippen LogP contribution in [0, 0.1) is 25.6 Å². The third-order valence-electron chi connectivity index (χ3n) is 4.23. The second-order valence-electron chi connectivity index (χ2n) is 6.46. The van der Waals surface area contributed by atoms with Crippen molar-refractivity contribution >= 4 is 15.9 Å². The molecule has 2 rings (SSSR count). The van der Waals surface area contributed by atoms with E-state index in [0.29, 0.717) is 5.69 Å². The summed E-state index contributed by atoms with van der Waals surface area (Å²) < 4.78 is 15.2. The van der Waals surface area contributed by atoms with Crippen molar-refractivity contribution in [1.82, 2.24) is 10.3 Å². The molecule has 1 aromatic carbocycles. The van der Waals surface area contributed by atoms with Crippen molar-refractivity contribution < 1.29 is 9.50 Å². The Hall–Kier alpha value is -1.30. The van der Waals surface area contributed by atoms with E-state index in [4.69, 9.17) is 0 Å². The molecular weight excluding hydrogens is 371 g/mol. The molecule has 5 heteroatoms. The van der Waals surface area contributed by atoms with Gasteiger partial charge in [0.2, 0.25) is 0 Å². The van der Waals surface area contributed by atoms with E-state index >= 15 is 0 Å². The highest BCUT2D eigenvalue weighted by Gasteiger charge is 2.14. The van der Waals surface area contributed by atoms with Crippen molar-refractivity contribution in [2.24, 2.45) is 5.92 Å².